The van der Waals surface area contributed by atoms with Crippen molar-refractivity contribution in [3.63, 3.8) is 0 Å². The average molecular weight is 373 g/mol. The van der Waals surface area contributed by atoms with Crippen LogP contribution in [0.1, 0.15) is 12.8 Å². The number of rotatable bonds is 5. The van der Waals surface area contributed by atoms with E-state index in [1.165, 1.54) is 0 Å². The zero-order valence-corrected chi connectivity index (χ0v) is 15.1. The van der Waals surface area contributed by atoms with E-state index in [-0.39, 0.29) is 24.3 Å². The van der Waals surface area contributed by atoms with Crippen LogP contribution in [0.4, 0.5) is 0 Å². The van der Waals surface area contributed by atoms with Crippen LogP contribution in [0.2, 0.25) is 5.02 Å². The van der Waals surface area contributed by atoms with E-state index in [1.54, 1.807) is 11.0 Å². The monoisotopic (exact) mass is 372 g/mol. The van der Waals surface area contributed by atoms with Crippen LogP contribution in [0.15, 0.2) is 48.5 Å². The Morgan fingerprint density at radius 2 is 1.77 bits per heavy atom. The van der Waals surface area contributed by atoms with Gasteiger partial charge in [-0.15, -0.1) is 0 Å². The third-order valence-electron chi connectivity index (χ3n) is 4.64. The summed E-state index contributed by atoms with van der Waals surface area (Å²) >= 11 is 6.30. The quantitative estimate of drug-likeness (QED) is 0.876. The molecule has 0 atom stereocenters. The first-order valence-corrected chi connectivity index (χ1v) is 8.97. The van der Waals surface area contributed by atoms with Crippen molar-refractivity contribution in [2.75, 3.05) is 19.7 Å². The minimum atomic E-state index is -0.293. The van der Waals surface area contributed by atoms with Gasteiger partial charge < -0.3 is 15.4 Å². The number of amides is 2. The number of halogens is 1. The van der Waals surface area contributed by atoms with E-state index < -0.39 is 0 Å². The molecule has 2 amide bonds. The molecule has 1 aliphatic rings. The van der Waals surface area contributed by atoms with Gasteiger partial charge in [0.1, 0.15) is 5.75 Å². The second-order valence-corrected chi connectivity index (χ2v) is 6.76. The zero-order valence-electron chi connectivity index (χ0n) is 14.4. The maximum atomic E-state index is 12.3. The Morgan fingerprint density at radius 1 is 1.08 bits per heavy atom. The number of hydrogen-bond donors (Lipinski definition) is 1. The highest BCUT2D eigenvalue weighted by molar-refractivity contribution is 6.32. The Bertz CT molecular complexity index is 787. The van der Waals surface area contributed by atoms with Gasteiger partial charge in [-0.1, -0.05) is 48.0 Å². The normalized spacial score (nSPS) is 14.9. The lowest BCUT2D eigenvalue weighted by molar-refractivity contribution is -0.136. The number of nitrogens with two attached hydrogens (primary N) is 1. The van der Waals surface area contributed by atoms with E-state index in [4.69, 9.17) is 22.1 Å². The molecule has 26 heavy (non-hydrogen) atoms. The second kappa shape index (κ2) is 8.23. The van der Waals surface area contributed by atoms with Gasteiger partial charge in [0.25, 0.3) is 5.91 Å². The Labute approximate surface area is 157 Å². The summed E-state index contributed by atoms with van der Waals surface area (Å²) in [6, 6.07) is 15.4. The first-order valence-electron chi connectivity index (χ1n) is 8.59. The summed E-state index contributed by atoms with van der Waals surface area (Å²) in [5.41, 5.74) is 7.37. The largest absolute Gasteiger partial charge is 0.482 e. The Balaban J connectivity index is 1.56. The van der Waals surface area contributed by atoms with Gasteiger partial charge in [0, 0.05) is 19.0 Å². The summed E-state index contributed by atoms with van der Waals surface area (Å²) < 4.78 is 5.60. The van der Waals surface area contributed by atoms with Crippen LogP contribution >= 0.6 is 11.6 Å². The maximum absolute atomic E-state index is 12.3. The highest BCUT2D eigenvalue weighted by Gasteiger charge is 2.26. The van der Waals surface area contributed by atoms with E-state index in [9.17, 15) is 9.59 Å². The highest BCUT2D eigenvalue weighted by atomic mass is 35.5. The smallest absolute Gasteiger partial charge is 0.260 e. The standard InChI is InChI=1S/C20H21ClN2O3/c21-17-12-16(14-4-2-1-3-5-14)6-7-18(17)26-13-19(24)23-10-8-15(9-11-23)20(22)25/h1-7,12,15H,8-11,13H2,(H2,22,25). The van der Waals surface area contributed by atoms with E-state index >= 15 is 0 Å². The fourth-order valence-corrected chi connectivity index (χ4v) is 3.31. The van der Waals surface area contributed by atoms with Gasteiger partial charge in [-0.3, -0.25) is 9.59 Å². The fraction of sp³-hybridized carbons (Fsp3) is 0.300. The molecule has 0 bridgehead atoms. The molecule has 0 aliphatic carbocycles. The van der Waals surface area contributed by atoms with Crippen LogP contribution in [0, 0.1) is 5.92 Å². The lowest BCUT2D eigenvalue weighted by Gasteiger charge is -2.30. The number of benzene rings is 2. The maximum Gasteiger partial charge on any atom is 0.260 e. The van der Waals surface area contributed by atoms with Gasteiger partial charge in [-0.05, 0) is 36.1 Å². The van der Waals surface area contributed by atoms with Crippen LogP contribution in [0.25, 0.3) is 11.1 Å². The van der Waals surface area contributed by atoms with Crippen molar-refractivity contribution < 1.29 is 14.3 Å². The first-order chi connectivity index (χ1) is 12.5. The fourth-order valence-electron chi connectivity index (χ4n) is 3.07. The van der Waals surface area contributed by atoms with Crippen LogP contribution in [0.5, 0.6) is 5.75 Å². The number of carbonyl (C=O) groups is 2. The first kappa shape index (κ1) is 18.3. The van der Waals surface area contributed by atoms with Crippen molar-refractivity contribution in [2.24, 2.45) is 11.7 Å². The average Bonchev–Trinajstić information content (AvgIpc) is 2.67. The van der Waals surface area contributed by atoms with E-state index in [1.807, 2.05) is 42.5 Å². The molecule has 2 aromatic carbocycles. The van der Waals surface area contributed by atoms with Gasteiger partial charge in [0.2, 0.25) is 5.91 Å². The summed E-state index contributed by atoms with van der Waals surface area (Å²) in [6.45, 7) is 0.971. The Kier molecular flexibility index (Phi) is 5.78. The third-order valence-corrected chi connectivity index (χ3v) is 4.94. The summed E-state index contributed by atoms with van der Waals surface area (Å²) in [5, 5.41) is 0.464. The molecule has 0 saturated carbocycles. The van der Waals surface area contributed by atoms with Gasteiger partial charge in [0.05, 0.1) is 5.02 Å². The van der Waals surface area contributed by atoms with E-state index in [2.05, 4.69) is 0 Å². The van der Waals surface area contributed by atoms with Gasteiger partial charge >= 0.3 is 0 Å². The van der Waals surface area contributed by atoms with Gasteiger partial charge in [-0.25, -0.2) is 0 Å². The lowest BCUT2D eigenvalue weighted by Crippen LogP contribution is -2.43. The lowest BCUT2D eigenvalue weighted by atomic mass is 9.96. The Hall–Kier alpha value is -2.53. The van der Waals surface area contributed by atoms with E-state index in [0.29, 0.717) is 36.7 Å². The predicted octanol–water partition coefficient (Wildman–Crippen LogP) is 3.11. The number of nitrogens with zero attached hydrogens (tertiary/aromatic N) is 1. The molecule has 1 heterocycles. The minimum absolute atomic E-state index is 0.0777. The molecule has 1 aliphatic heterocycles. The zero-order chi connectivity index (χ0) is 18.5. The predicted molar refractivity (Wildman–Crippen MR) is 101 cm³/mol. The topological polar surface area (TPSA) is 72.6 Å². The molecule has 2 N–H and O–H groups in total. The van der Waals surface area contributed by atoms with Crippen molar-refractivity contribution in [2.45, 2.75) is 12.8 Å². The van der Waals surface area contributed by atoms with Crippen LogP contribution in [-0.2, 0) is 9.59 Å². The number of primary amides is 1. The number of carbonyl (C=O) groups excluding carboxylic acids is 2. The summed E-state index contributed by atoms with van der Waals surface area (Å²) in [5.74, 6) is -0.0681. The van der Waals surface area contributed by atoms with Crippen molar-refractivity contribution >= 4 is 23.4 Å². The molecule has 1 saturated heterocycles. The molecule has 6 heteroatoms. The van der Waals surface area contributed by atoms with Crippen molar-refractivity contribution in [1.82, 2.24) is 4.90 Å². The number of piperidine rings is 1. The van der Waals surface area contributed by atoms with Crippen LogP contribution < -0.4 is 10.5 Å². The second-order valence-electron chi connectivity index (χ2n) is 6.36. The minimum Gasteiger partial charge on any atom is -0.482 e. The molecule has 3 rings (SSSR count). The molecular weight excluding hydrogens is 352 g/mol. The highest BCUT2D eigenvalue weighted by Crippen LogP contribution is 2.30. The number of ether oxygens (including phenoxy) is 1. The Morgan fingerprint density at radius 3 is 2.38 bits per heavy atom. The van der Waals surface area contributed by atoms with Gasteiger partial charge in [0.15, 0.2) is 6.61 Å². The number of hydrogen-bond acceptors (Lipinski definition) is 3. The number of likely N-dealkylation sites (tertiary alicyclic amines) is 1. The molecule has 0 aromatic heterocycles. The SMILES string of the molecule is NC(=O)C1CCN(C(=O)COc2ccc(-c3ccccc3)cc2Cl)CC1. The van der Waals surface area contributed by atoms with E-state index in [0.717, 1.165) is 11.1 Å². The molecule has 1 fully saturated rings. The third kappa shape index (κ3) is 4.35. The van der Waals surface area contributed by atoms with Crippen molar-refractivity contribution in [3.8, 4) is 16.9 Å². The molecule has 136 valence electrons. The van der Waals surface area contributed by atoms with Crippen LogP contribution in [-0.4, -0.2) is 36.4 Å². The summed E-state index contributed by atoms with van der Waals surface area (Å²) in [6.07, 6.45) is 1.21. The molecular formula is C20H21ClN2O3. The summed E-state index contributed by atoms with van der Waals surface area (Å²) in [7, 11) is 0. The molecule has 5 nitrogen and oxygen atoms in total. The molecule has 2 aromatic rings. The molecule has 0 spiro atoms. The van der Waals surface area contributed by atoms with Crippen molar-refractivity contribution in [1.29, 1.82) is 0 Å². The summed E-state index contributed by atoms with van der Waals surface area (Å²) in [4.78, 5) is 25.2. The van der Waals surface area contributed by atoms with Gasteiger partial charge in [-0.2, -0.15) is 0 Å². The molecule has 0 unspecified atom stereocenters. The molecule has 0 radical (unpaired) electrons. The van der Waals surface area contributed by atoms with Crippen LogP contribution in [0.3, 0.4) is 0 Å². The van der Waals surface area contributed by atoms with Crippen molar-refractivity contribution in [3.05, 3.63) is 53.6 Å².